The van der Waals surface area contributed by atoms with Crippen molar-refractivity contribution in [2.45, 2.75) is 13.0 Å². The lowest BCUT2D eigenvalue weighted by Gasteiger charge is -2.27. The van der Waals surface area contributed by atoms with Gasteiger partial charge in [-0.1, -0.05) is 6.07 Å². The van der Waals surface area contributed by atoms with E-state index in [9.17, 15) is 9.59 Å². The average Bonchev–Trinajstić information content (AvgIpc) is 3.14. The molecule has 0 atom stereocenters. The van der Waals surface area contributed by atoms with Gasteiger partial charge in [0, 0.05) is 19.2 Å². The Morgan fingerprint density at radius 2 is 2.24 bits per heavy atom. The van der Waals surface area contributed by atoms with Crippen molar-refractivity contribution in [3.05, 3.63) is 39.3 Å². The molecule has 110 valence electrons. The van der Waals surface area contributed by atoms with Crippen molar-refractivity contribution < 1.29 is 14.3 Å². The highest BCUT2D eigenvalue weighted by Gasteiger charge is 2.29. The second kappa shape index (κ2) is 5.33. The van der Waals surface area contributed by atoms with E-state index in [1.807, 2.05) is 17.5 Å². The number of aryl methyl sites for hydroxylation is 1. The number of nitrogens with zero attached hydrogens (tertiary/aromatic N) is 3. The van der Waals surface area contributed by atoms with Crippen molar-refractivity contribution in [2.75, 3.05) is 13.7 Å². The zero-order chi connectivity index (χ0) is 15.0. The molecule has 7 heteroatoms. The molecule has 21 heavy (non-hydrogen) atoms. The van der Waals surface area contributed by atoms with Crippen LogP contribution in [0.4, 0.5) is 0 Å². The average molecular weight is 305 g/mol. The van der Waals surface area contributed by atoms with Crippen LogP contribution in [0.3, 0.4) is 0 Å². The van der Waals surface area contributed by atoms with Crippen LogP contribution in [-0.2, 0) is 24.8 Å². The van der Waals surface area contributed by atoms with Crippen molar-refractivity contribution in [3.8, 4) is 0 Å². The van der Waals surface area contributed by atoms with Crippen molar-refractivity contribution in [3.63, 3.8) is 0 Å². The van der Waals surface area contributed by atoms with Gasteiger partial charge in [-0.2, -0.15) is 5.10 Å². The lowest BCUT2D eigenvalue weighted by Crippen LogP contribution is -2.36. The smallest absolute Gasteiger partial charge is 0.358 e. The van der Waals surface area contributed by atoms with E-state index in [4.69, 9.17) is 4.74 Å². The zero-order valence-corrected chi connectivity index (χ0v) is 12.6. The molecule has 0 bridgehead atoms. The molecule has 0 fully saturated rings. The second-order valence-corrected chi connectivity index (χ2v) is 5.79. The van der Waals surface area contributed by atoms with Crippen LogP contribution in [0.25, 0.3) is 0 Å². The molecule has 0 spiro atoms. The summed E-state index contributed by atoms with van der Waals surface area (Å²) in [7, 11) is 3.13. The molecule has 0 aromatic carbocycles. The van der Waals surface area contributed by atoms with Gasteiger partial charge in [0.1, 0.15) is 0 Å². The minimum Gasteiger partial charge on any atom is -0.464 e. The van der Waals surface area contributed by atoms with Crippen LogP contribution in [0.15, 0.2) is 17.5 Å². The van der Waals surface area contributed by atoms with E-state index >= 15 is 0 Å². The summed E-state index contributed by atoms with van der Waals surface area (Å²) in [6.45, 7) is 1.05. The van der Waals surface area contributed by atoms with Crippen LogP contribution in [0, 0.1) is 0 Å². The molecule has 2 aromatic rings. The van der Waals surface area contributed by atoms with E-state index in [2.05, 4.69) is 5.10 Å². The largest absolute Gasteiger partial charge is 0.464 e. The molecule has 1 aliphatic heterocycles. The SMILES string of the molecule is COC(=O)c1nn(C)c2c1CCN(C(=O)c1cccs1)C2. The minimum absolute atomic E-state index is 0.0245. The molecule has 3 rings (SSSR count). The fourth-order valence-corrected chi connectivity index (χ4v) is 3.25. The van der Waals surface area contributed by atoms with Gasteiger partial charge in [-0.15, -0.1) is 11.3 Å². The molecule has 2 aromatic heterocycles. The Balaban J connectivity index is 1.88. The highest BCUT2D eigenvalue weighted by atomic mass is 32.1. The first kappa shape index (κ1) is 13.8. The Kier molecular flexibility index (Phi) is 3.50. The maximum Gasteiger partial charge on any atom is 0.358 e. The summed E-state index contributed by atoms with van der Waals surface area (Å²) in [6, 6.07) is 3.69. The van der Waals surface area contributed by atoms with Crippen LogP contribution in [0.5, 0.6) is 0 Å². The first-order valence-corrected chi connectivity index (χ1v) is 7.45. The van der Waals surface area contributed by atoms with Crippen LogP contribution >= 0.6 is 11.3 Å². The van der Waals surface area contributed by atoms with E-state index in [0.717, 1.165) is 16.1 Å². The fraction of sp³-hybridized carbons (Fsp3) is 0.357. The van der Waals surface area contributed by atoms with Gasteiger partial charge in [0.15, 0.2) is 5.69 Å². The first-order chi connectivity index (χ1) is 10.1. The molecule has 0 saturated carbocycles. The van der Waals surface area contributed by atoms with Crippen molar-refractivity contribution in [1.29, 1.82) is 0 Å². The number of fused-ring (bicyclic) bond motifs is 1. The normalized spacial score (nSPS) is 13.9. The van der Waals surface area contributed by atoms with Crippen molar-refractivity contribution >= 4 is 23.2 Å². The topological polar surface area (TPSA) is 64.4 Å². The summed E-state index contributed by atoms with van der Waals surface area (Å²) in [5, 5.41) is 6.12. The summed E-state index contributed by atoms with van der Waals surface area (Å²) in [5.41, 5.74) is 2.14. The third kappa shape index (κ3) is 2.33. The number of aromatic nitrogens is 2. The standard InChI is InChI=1S/C14H15N3O3S/c1-16-10-8-17(13(18)11-4-3-7-21-11)6-5-9(10)12(15-16)14(19)20-2/h3-4,7H,5-6,8H2,1-2H3. The third-order valence-electron chi connectivity index (χ3n) is 3.65. The summed E-state index contributed by atoms with van der Waals surface area (Å²) >= 11 is 1.44. The van der Waals surface area contributed by atoms with E-state index in [1.165, 1.54) is 18.4 Å². The van der Waals surface area contributed by atoms with Gasteiger partial charge in [-0.3, -0.25) is 9.48 Å². The molecule has 0 radical (unpaired) electrons. The van der Waals surface area contributed by atoms with Crippen LogP contribution in [-0.4, -0.2) is 40.2 Å². The molecule has 1 amide bonds. The van der Waals surface area contributed by atoms with E-state index in [1.54, 1.807) is 16.6 Å². The Hall–Kier alpha value is -2.15. The van der Waals surface area contributed by atoms with Crippen LogP contribution in [0.2, 0.25) is 0 Å². The van der Waals surface area contributed by atoms with Gasteiger partial charge < -0.3 is 9.64 Å². The lowest BCUT2D eigenvalue weighted by atomic mass is 10.0. The molecule has 0 unspecified atom stereocenters. The van der Waals surface area contributed by atoms with E-state index < -0.39 is 5.97 Å². The predicted octanol–water partition coefficient (Wildman–Crippen LogP) is 1.47. The van der Waals surface area contributed by atoms with Gasteiger partial charge in [-0.05, 0) is 17.9 Å². The number of hydrogen-bond acceptors (Lipinski definition) is 5. The molecule has 0 N–H and O–H groups in total. The van der Waals surface area contributed by atoms with Gasteiger partial charge in [0.2, 0.25) is 0 Å². The van der Waals surface area contributed by atoms with E-state index in [-0.39, 0.29) is 5.91 Å². The summed E-state index contributed by atoms with van der Waals surface area (Å²) in [5.74, 6) is -0.402. The van der Waals surface area contributed by atoms with Gasteiger partial charge in [0.05, 0.1) is 24.2 Å². The number of methoxy groups -OCH3 is 1. The van der Waals surface area contributed by atoms with Gasteiger partial charge in [0.25, 0.3) is 5.91 Å². The summed E-state index contributed by atoms with van der Waals surface area (Å²) in [4.78, 5) is 26.6. The number of thiophene rings is 1. The Morgan fingerprint density at radius 1 is 1.43 bits per heavy atom. The zero-order valence-electron chi connectivity index (χ0n) is 11.8. The summed E-state index contributed by atoms with van der Waals surface area (Å²) in [6.07, 6.45) is 0.616. The van der Waals surface area contributed by atoms with E-state index in [0.29, 0.717) is 25.2 Å². The summed E-state index contributed by atoms with van der Waals surface area (Å²) < 4.78 is 6.42. The quantitative estimate of drug-likeness (QED) is 0.788. The highest BCUT2D eigenvalue weighted by Crippen LogP contribution is 2.24. The number of amides is 1. The molecule has 0 aliphatic carbocycles. The maximum absolute atomic E-state index is 12.4. The number of rotatable bonds is 2. The third-order valence-corrected chi connectivity index (χ3v) is 4.50. The lowest BCUT2D eigenvalue weighted by molar-refractivity contribution is 0.0591. The molecule has 0 saturated heterocycles. The number of carbonyl (C=O) groups excluding carboxylic acids is 2. The number of hydrogen-bond donors (Lipinski definition) is 0. The number of esters is 1. The Bertz CT molecular complexity index is 691. The van der Waals surface area contributed by atoms with Crippen molar-refractivity contribution in [1.82, 2.24) is 14.7 Å². The molecule has 3 heterocycles. The maximum atomic E-state index is 12.4. The Morgan fingerprint density at radius 3 is 2.90 bits per heavy atom. The van der Waals surface area contributed by atoms with Crippen LogP contribution < -0.4 is 0 Å². The molecule has 1 aliphatic rings. The van der Waals surface area contributed by atoms with Crippen LogP contribution in [0.1, 0.15) is 31.4 Å². The monoisotopic (exact) mass is 305 g/mol. The van der Waals surface area contributed by atoms with Crippen molar-refractivity contribution in [2.24, 2.45) is 7.05 Å². The predicted molar refractivity (Wildman–Crippen MR) is 77.3 cm³/mol. The molecule has 6 nitrogen and oxygen atoms in total. The minimum atomic E-state index is -0.426. The highest BCUT2D eigenvalue weighted by molar-refractivity contribution is 7.12. The van der Waals surface area contributed by atoms with Gasteiger partial charge >= 0.3 is 5.97 Å². The second-order valence-electron chi connectivity index (χ2n) is 4.84. The molecular formula is C14H15N3O3S. The fourth-order valence-electron chi connectivity index (χ4n) is 2.56. The number of ether oxygens (including phenoxy) is 1. The van der Waals surface area contributed by atoms with Gasteiger partial charge in [-0.25, -0.2) is 4.79 Å². The Labute approximate surface area is 125 Å². The molecular weight excluding hydrogens is 290 g/mol. The number of carbonyl (C=O) groups is 2. The first-order valence-electron chi connectivity index (χ1n) is 6.57.